The van der Waals surface area contributed by atoms with Gasteiger partial charge in [0.2, 0.25) is 0 Å². The number of carbonyl (C=O) groups is 1. The van der Waals surface area contributed by atoms with Crippen molar-refractivity contribution >= 4 is 5.97 Å². The van der Waals surface area contributed by atoms with Crippen LogP contribution in [0.4, 0.5) is 0 Å². The Morgan fingerprint density at radius 2 is 1.48 bits per heavy atom. The van der Waals surface area contributed by atoms with E-state index in [1.54, 1.807) is 0 Å². The molecule has 2 aromatic carbocycles. The van der Waals surface area contributed by atoms with E-state index in [4.69, 9.17) is 4.74 Å². The molecule has 1 saturated carbocycles. The van der Waals surface area contributed by atoms with Gasteiger partial charge in [0.25, 0.3) is 0 Å². The highest BCUT2D eigenvalue weighted by Gasteiger charge is 2.32. The second-order valence-electron chi connectivity index (χ2n) is 7.50. The topological polar surface area (TPSA) is 29.5 Å². The van der Waals surface area contributed by atoms with Crippen molar-refractivity contribution in [2.45, 2.75) is 58.2 Å². The summed E-state index contributed by atoms with van der Waals surface area (Å²) in [5, 5.41) is 0. The van der Waals surface area contributed by atoms with Crippen LogP contribution in [0, 0.1) is 5.92 Å². The first-order valence-electron chi connectivity index (χ1n) is 10.2. The second-order valence-corrected chi connectivity index (χ2v) is 7.50. The van der Waals surface area contributed by atoms with Crippen LogP contribution in [0.1, 0.15) is 50.2 Å². The summed E-state index contributed by atoms with van der Waals surface area (Å²) in [5.74, 6) is 0.332. The fourth-order valence-corrected chi connectivity index (χ4v) is 4.27. The number of esters is 1. The summed E-state index contributed by atoms with van der Waals surface area (Å²) in [6.07, 6.45) is 5.26. The van der Waals surface area contributed by atoms with E-state index in [1.807, 2.05) is 6.92 Å². The van der Waals surface area contributed by atoms with E-state index in [9.17, 15) is 4.79 Å². The number of nitrogens with zero attached hydrogens (tertiary/aromatic N) is 1. The highest BCUT2D eigenvalue weighted by Crippen LogP contribution is 2.33. The molecule has 2 aromatic rings. The molecule has 2 atom stereocenters. The maximum Gasteiger partial charge on any atom is 0.306 e. The van der Waals surface area contributed by atoms with Gasteiger partial charge in [-0.3, -0.25) is 9.69 Å². The molecule has 2 unspecified atom stereocenters. The Kier molecular flexibility index (Phi) is 7.46. The van der Waals surface area contributed by atoms with E-state index < -0.39 is 0 Å². The van der Waals surface area contributed by atoms with Crippen molar-refractivity contribution in [1.29, 1.82) is 0 Å². The predicted molar refractivity (Wildman–Crippen MR) is 109 cm³/mol. The molecule has 0 spiro atoms. The van der Waals surface area contributed by atoms with Crippen LogP contribution >= 0.6 is 0 Å². The Morgan fingerprint density at radius 1 is 0.926 bits per heavy atom. The van der Waals surface area contributed by atoms with Crippen molar-refractivity contribution in [2.24, 2.45) is 5.92 Å². The Balaban J connectivity index is 1.79. The van der Waals surface area contributed by atoms with Gasteiger partial charge in [-0.05, 0) is 36.8 Å². The summed E-state index contributed by atoms with van der Waals surface area (Å²) in [5.41, 5.74) is 2.66. The third kappa shape index (κ3) is 5.93. The van der Waals surface area contributed by atoms with Crippen molar-refractivity contribution in [3.63, 3.8) is 0 Å². The molecule has 0 radical (unpaired) electrons. The molecule has 1 fully saturated rings. The molecule has 1 aliphatic rings. The first-order chi connectivity index (χ1) is 13.3. The van der Waals surface area contributed by atoms with Gasteiger partial charge < -0.3 is 4.74 Å². The van der Waals surface area contributed by atoms with Crippen LogP contribution in [0.3, 0.4) is 0 Å². The summed E-state index contributed by atoms with van der Waals surface area (Å²) in [6.45, 7) is 4.18. The molecule has 0 N–H and O–H groups in total. The van der Waals surface area contributed by atoms with Crippen molar-refractivity contribution in [3.05, 3.63) is 71.8 Å². The van der Waals surface area contributed by atoms with Gasteiger partial charge >= 0.3 is 5.97 Å². The predicted octanol–water partition coefficient (Wildman–Crippen LogP) is 5.20. The van der Waals surface area contributed by atoms with Crippen LogP contribution in [0.5, 0.6) is 0 Å². The highest BCUT2D eigenvalue weighted by atomic mass is 16.5. The Morgan fingerprint density at radius 3 is 2.04 bits per heavy atom. The Hall–Kier alpha value is -2.13. The lowest BCUT2D eigenvalue weighted by Crippen LogP contribution is -2.42. The number of rotatable bonds is 8. The zero-order chi connectivity index (χ0) is 18.9. The van der Waals surface area contributed by atoms with Gasteiger partial charge in [0.15, 0.2) is 0 Å². The van der Waals surface area contributed by atoms with Crippen LogP contribution in [0.15, 0.2) is 60.7 Å². The van der Waals surface area contributed by atoms with Gasteiger partial charge in [-0.25, -0.2) is 0 Å². The molecule has 3 rings (SSSR count). The average molecular weight is 366 g/mol. The third-order valence-electron chi connectivity index (χ3n) is 5.53. The van der Waals surface area contributed by atoms with Crippen molar-refractivity contribution in [2.75, 3.05) is 6.61 Å². The van der Waals surface area contributed by atoms with Crippen molar-refractivity contribution in [3.8, 4) is 0 Å². The molecule has 27 heavy (non-hydrogen) atoms. The maximum absolute atomic E-state index is 12.2. The van der Waals surface area contributed by atoms with Crippen LogP contribution < -0.4 is 0 Å². The smallest absolute Gasteiger partial charge is 0.306 e. The Labute approximate surface area is 163 Å². The number of benzene rings is 2. The van der Waals surface area contributed by atoms with Crippen LogP contribution in [-0.4, -0.2) is 23.5 Å². The second kappa shape index (κ2) is 10.3. The molecule has 0 heterocycles. The van der Waals surface area contributed by atoms with E-state index in [0.29, 0.717) is 25.0 Å². The largest absolute Gasteiger partial charge is 0.466 e. The number of carbonyl (C=O) groups excluding carboxylic acids is 1. The molecule has 0 saturated heterocycles. The molecular weight excluding hydrogens is 334 g/mol. The first-order valence-corrected chi connectivity index (χ1v) is 10.2. The number of ether oxygens (including phenoxy) is 1. The average Bonchev–Trinajstić information content (AvgIpc) is 2.70. The molecule has 3 nitrogen and oxygen atoms in total. The normalized spacial score (nSPS) is 19.8. The Bertz CT molecular complexity index is 645. The first kappa shape index (κ1) is 19.6. The van der Waals surface area contributed by atoms with Gasteiger partial charge in [-0.1, -0.05) is 73.5 Å². The monoisotopic (exact) mass is 365 g/mol. The van der Waals surface area contributed by atoms with Gasteiger partial charge in [-0.2, -0.15) is 0 Å². The van der Waals surface area contributed by atoms with Crippen molar-refractivity contribution in [1.82, 2.24) is 4.90 Å². The minimum absolute atomic E-state index is 0.0474. The standard InChI is InChI=1S/C24H31NO2/c1-2-27-24(26)17-22-15-9-10-16-23(22)25(18-20-11-5-3-6-12-20)19-21-13-7-4-8-14-21/h3-8,11-14,22-23H,2,9-10,15-19H2,1H3. The zero-order valence-corrected chi connectivity index (χ0v) is 16.3. The van der Waals surface area contributed by atoms with Gasteiger partial charge in [0.1, 0.15) is 0 Å². The van der Waals surface area contributed by atoms with Gasteiger partial charge in [0, 0.05) is 25.6 Å². The fraction of sp³-hybridized carbons (Fsp3) is 0.458. The van der Waals surface area contributed by atoms with E-state index in [0.717, 1.165) is 25.9 Å². The summed E-state index contributed by atoms with van der Waals surface area (Å²) >= 11 is 0. The minimum Gasteiger partial charge on any atom is -0.466 e. The summed E-state index contributed by atoms with van der Waals surface area (Å²) in [4.78, 5) is 14.7. The lowest BCUT2D eigenvalue weighted by atomic mass is 9.81. The van der Waals surface area contributed by atoms with Gasteiger partial charge in [-0.15, -0.1) is 0 Å². The molecule has 1 aliphatic carbocycles. The van der Waals surface area contributed by atoms with Crippen LogP contribution in [-0.2, 0) is 22.6 Å². The summed E-state index contributed by atoms with van der Waals surface area (Å²) < 4.78 is 5.25. The van der Waals surface area contributed by atoms with E-state index >= 15 is 0 Å². The molecular formula is C24H31NO2. The number of hydrogen-bond donors (Lipinski definition) is 0. The molecule has 0 aliphatic heterocycles. The third-order valence-corrected chi connectivity index (χ3v) is 5.53. The zero-order valence-electron chi connectivity index (χ0n) is 16.3. The van der Waals surface area contributed by atoms with Gasteiger partial charge in [0.05, 0.1) is 6.61 Å². The van der Waals surface area contributed by atoms with Crippen LogP contribution in [0.25, 0.3) is 0 Å². The molecule has 144 valence electrons. The van der Waals surface area contributed by atoms with Crippen LogP contribution in [0.2, 0.25) is 0 Å². The van der Waals surface area contributed by atoms with E-state index in [1.165, 1.54) is 24.0 Å². The maximum atomic E-state index is 12.2. The molecule has 0 amide bonds. The van der Waals surface area contributed by atoms with Crippen molar-refractivity contribution < 1.29 is 9.53 Å². The summed E-state index contributed by atoms with van der Waals surface area (Å²) in [6, 6.07) is 21.7. The quantitative estimate of drug-likeness (QED) is 0.602. The lowest BCUT2D eigenvalue weighted by Gasteiger charge is -2.40. The highest BCUT2D eigenvalue weighted by molar-refractivity contribution is 5.69. The molecule has 0 aromatic heterocycles. The SMILES string of the molecule is CCOC(=O)CC1CCCCC1N(Cc1ccccc1)Cc1ccccc1. The lowest BCUT2D eigenvalue weighted by molar-refractivity contribution is -0.145. The minimum atomic E-state index is -0.0474. The summed E-state index contributed by atoms with van der Waals surface area (Å²) in [7, 11) is 0. The van der Waals surface area contributed by atoms with E-state index in [-0.39, 0.29) is 5.97 Å². The van der Waals surface area contributed by atoms with E-state index in [2.05, 4.69) is 65.6 Å². The molecule has 0 bridgehead atoms. The fourth-order valence-electron chi connectivity index (χ4n) is 4.27. The number of hydrogen-bond acceptors (Lipinski definition) is 3. The molecule has 3 heteroatoms.